The average molecular weight is 622 g/mol. The second-order valence-corrected chi connectivity index (χ2v) is 13.8. The van der Waals surface area contributed by atoms with E-state index >= 15 is 0 Å². The van der Waals surface area contributed by atoms with E-state index in [4.69, 9.17) is 15.0 Å². The molecule has 0 spiro atoms. The Balaban J connectivity index is 1.19. The van der Waals surface area contributed by atoms with Crippen molar-refractivity contribution in [3.8, 4) is 34.2 Å². The quantitative estimate of drug-likeness (QED) is 0.192. The summed E-state index contributed by atoms with van der Waals surface area (Å²) in [6.45, 7) is 9.09. The number of rotatable bonds is 5. The summed E-state index contributed by atoms with van der Waals surface area (Å²) in [6.07, 6.45) is 2.34. The van der Waals surface area contributed by atoms with Crippen LogP contribution in [0.15, 0.2) is 140 Å². The third-order valence-electron chi connectivity index (χ3n) is 10.2. The fraction of sp³-hybridized carbons (Fsp3) is 0.140. The van der Waals surface area contributed by atoms with Gasteiger partial charge in [0.1, 0.15) is 5.82 Å². The van der Waals surface area contributed by atoms with Crippen molar-refractivity contribution in [1.82, 2.24) is 24.1 Å². The van der Waals surface area contributed by atoms with Crippen LogP contribution in [-0.2, 0) is 10.8 Å². The Morgan fingerprint density at radius 3 is 1.83 bits per heavy atom. The molecule has 0 aliphatic carbocycles. The van der Waals surface area contributed by atoms with Gasteiger partial charge in [0.25, 0.3) is 0 Å². The van der Waals surface area contributed by atoms with Crippen LogP contribution in [-0.4, -0.2) is 24.1 Å². The SMILES string of the molecule is CC(C)(c1ccc(-n2c3ccccc3c3cn4c(c32)C(C)(C)c2ccccc2-4)cc1)c1nc(-c2ccccc2)nc(-c2ccccc2)n1. The molecule has 3 aromatic heterocycles. The minimum Gasteiger partial charge on any atom is -0.317 e. The third kappa shape index (κ3) is 4.13. The zero-order valence-corrected chi connectivity index (χ0v) is 27.5. The second kappa shape index (κ2) is 10.3. The van der Waals surface area contributed by atoms with E-state index in [1.54, 1.807) is 0 Å². The lowest BCUT2D eigenvalue weighted by Gasteiger charge is -2.25. The molecule has 0 fully saturated rings. The van der Waals surface area contributed by atoms with Gasteiger partial charge in [-0.05, 0) is 49.2 Å². The fourth-order valence-corrected chi connectivity index (χ4v) is 7.58. The molecule has 1 aliphatic rings. The summed E-state index contributed by atoms with van der Waals surface area (Å²) >= 11 is 0. The highest BCUT2D eigenvalue weighted by atomic mass is 15.1. The highest BCUT2D eigenvalue weighted by molar-refractivity contribution is 6.11. The predicted octanol–water partition coefficient (Wildman–Crippen LogP) is 10.1. The first-order valence-electron chi connectivity index (χ1n) is 16.6. The number of aromatic nitrogens is 5. The molecule has 5 aromatic carbocycles. The number of nitrogens with zero attached hydrogens (tertiary/aromatic N) is 5. The maximum absolute atomic E-state index is 5.07. The molecule has 0 bridgehead atoms. The molecule has 5 nitrogen and oxygen atoms in total. The van der Waals surface area contributed by atoms with Crippen LogP contribution >= 0.6 is 0 Å². The number of hydrogen-bond acceptors (Lipinski definition) is 3. The Labute approximate surface area is 280 Å². The van der Waals surface area contributed by atoms with Crippen molar-refractivity contribution < 1.29 is 0 Å². The van der Waals surface area contributed by atoms with Gasteiger partial charge in [-0.2, -0.15) is 0 Å². The first-order valence-corrected chi connectivity index (χ1v) is 16.6. The molecule has 0 amide bonds. The summed E-state index contributed by atoms with van der Waals surface area (Å²) in [5.41, 5.74) is 10.0. The molecule has 0 unspecified atom stereocenters. The molecule has 0 saturated carbocycles. The molecule has 0 N–H and O–H groups in total. The maximum atomic E-state index is 5.07. The van der Waals surface area contributed by atoms with Gasteiger partial charge in [0.15, 0.2) is 11.6 Å². The first kappa shape index (κ1) is 28.4. The Kier molecular flexibility index (Phi) is 6.12. The van der Waals surface area contributed by atoms with E-state index in [-0.39, 0.29) is 5.41 Å². The summed E-state index contributed by atoms with van der Waals surface area (Å²) in [5, 5.41) is 2.54. The van der Waals surface area contributed by atoms with Crippen molar-refractivity contribution in [3.63, 3.8) is 0 Å². The summed E-state index contributed by atoms with van der Waals surface area (Å²) < 4.78 is 4.86. The van der Waals surface area contributed by atoms with E-state index in [1.165, 1.54) is 38.8 Å². The van der Waals surface area contributed by atoms with E-state index in [1.807, 2.05) is 36.4 Å². The van der Waals surface area contributed by atoms with Gasteiger partial charge < -0.3 is 9.13 Å². The van der Waals surface area contributed by atoms with Crippen LogP contribution in [0.5, 0.6) is 0 Å². The molecule has 48 heavy (non-hydrogen) atoms. The van der Waals surface area contributed by atoms with E-state index < -0.39 is 5.41 Å². The number of para-hydroxylation sites is 2. The van der Waals surface area contributed by atoms with Crippen LogP contribution in [0.2, 0.25) is 0 Å². The van der Waals surface area contributed by atoms with Gasteiger partial charge in [-0.15, -0.1) is 0 Å². The molecule has 0 atom stereocenters. The van der Waals surface area contributed by atoms with Gasteiger partial charge in [-0.3, -0.25) is 0 Å². The normalized spacial score (nSPS) is 13.6. The topological polar surface area (TPSA) is 48.5 Å². The molecule has 0 radical (unpaired) electrons. The Hall–Kier alpha value is -5.81. The lowest BCUT2D eigenvalue weighted by molar-refractivity contribution is 0.588. The van der Waals surface area contributed by atoms with Crippen molar-refractivity contribution in [2.24, 2.45) is 0 Å². The Morgan fingerprint density at radius 1 is 0.583 bits per heavy atom. The van der Waals surface area contributed by atoms with Crippen LogP contribution in [0.1, 0.15) is 50.3 Å². The monoisotopic (exact) mass is 621 g/mol. The summed E-state index contributed by atoms with van der Waals surface area (Å²) in [4.78, 5) is 15.0. The van der Waals surface area contributed by atoms with Gasteiger partial charge in [0.2, 0.25) is 0 Å². The molecule has 0 saturated heterocycles. The fourth-order valence-electron chi connectivity index (χ4n) is 7.58. The van der Waals surface area contributed by atoms with Crippen LogP contribution in [0.25, 0.3) is 56.0 Å². The van der Waals surface area contributed by atoms with E-state index in [0.717, 1.165) is 28.2 Å². The molecule has 9 rings (SSSR count). The molecule has 1 aliphatic heterocycles. The van der Waals surface area contributed by atoms with Crippen LogP contribution in [0.4, 0.5) is 0 Å². The molecular formula is C43H35N5. The number of hydrogen-bond donors (Lipinski definition) is 0. The van der Waals surface area contributed by atoms with Gasteiger partial charge in [0.05, 0.1) is 16.7 Å². The van der Waals surface area contributed by atoms with Gasteiger partial charge in [-0.1, -0.05) is 123 Å². The molecule has 4 heterocycles. The van der Waals surface area contributed by atoms with Crippen molar-refractivity contribution in [3.05, 3.63) is 162 Å². The molecule has 8 aromatic rings. The van der Waals surface area contributed by atoms with Crippen LogP contribution in [0, 0.1) is 0 Å². The van der Waals surface area contributed by atoms with E-state index in [0.29, 0.717) is 11.6 Å². The summed E-state index contributed by atoms with van der Waals surface area (Å²) in [6, 6.07) is 46.8. The van der Waals surface area contributed by atoms with Gasteiger partial charge in [-0.25, -0.2) is 15.0 Å². The number of fused-ring (bicyclic) bond motifs is 7. The molecular weight excluding hydrogens is 587 g/mol. The second-order valence-electron chi connectivity index (χ2n) is 13.8. The lowest BCUT2D eigenvalue weighted by Crippen LogP contribution is -2.23. The average Bonchev–Trinajstić information content (AvgIpc) is 3.74. The smallest absolute Gasteiger partial charge is 0.163 e. The van der Waals surface area contributed by atoms with Gasteiger partial charge in [0, 0.05) is 50.3 Å². The molecule has 5 heteroatoms. The summed E-state index contributed by atoms with van der Waals surface area (Å²) in [5.74, 6) is 2.09. The lowest BCUT2D eigenvalue weighted by atomic mass is 9.82. The Bertz CT molecular complexity index is 2430. The standard InChI is InChI=1S/C43H35N5/c1-42(2,41-45-39(28-15-7-5-8-16-28)44-40(46-41)29-17-9-6-10-18-29)30-23-25-31(26-24-30)48-35-21-13-11-19-32(35)33-27-47-36-22-14-12-20-34(36)43(3,4)38(47)37(33)48/h5-27H,1-4H3. The zero-order chi connectivity index (χ0) is 32.6. The van der Waals surface area contributed by atoms with Crippen LogP contribution < -0.4 is 0 Å². The van der Waals surface area contributed by atoms with Gasteiger partial charge >= 0.3 is 0 Å². The van der Waals surface area contributed by atoms with Crippen LogP contribution in [0.3, 0.4) is 0 Å². The van der Waals surface area contributed by atoms with Crippen molar-refractivity contribution in [2.45, 2.75) is 38.5 Å². The van der Waals surface area contributed by atoms with Crippen molar-refractivity contribution in [2.75, 3.05) is 0 Å². The zero-order valence-electron chi connectivity index (χ0n) is 27.5. The largest absolute Gasteiger partial charge is 0.317 e. The molecule has 232 valence electrons. The highest BCUT2D eigenvalue weighted by Gasteiger charge is 2.39. The number of benzene rings is 5. The van der Waals surface area contributed by atoms with Crippen molar-refractivity contribution >= 4 is 21.8 Å². The predicted molar refractivity (Wildman–Crippen MR) is 195 cm³/mol. The van der Waals surface area contributed by atoms with Crippen molar-refractivity contribution in [1.29, 1.82) is 0 Å². The first-order chi connectivity index (χ1) is 23.3. The minimum absolute atomic E-state index is 0.141. The van der Waals surface area contributed by atoms with E-state index in [9.17, 15) is 0 Å². The van der Waals surface area contributed by atoms with E-state index in [2.05, 4.69) is 140 Å². The Morgan fingerprint density at radius 2 is 1.17 bits per heavy atom. The third-order valence-corrected chi connectivity index (χ3v) is 10.2. The highest BCUT2D eigenvalue weighted by Crippen LogP contribution is 2.49. The minimum atomic E-state index is -0.482. The summed E-state index contributed by atoms with van der Waals surface area (Å²) in [7, 11) is 0. The maximum Gasteiger partial charge on any atom is 0.163 e.